The molecule has 1 aliphatic carbocycles. The van der Waals surface area contributed by atoms with Gasteiger partial charge in [-0.3, -0.25) is 4.79 Å². The fourth-order valence-electron chi connectivity index (χ4n) is 2.59. The predicted molar refractivity (Wildman–Crippen MR) is 78.3 cm³/mol. The molecule has 0 aromatic heterocycles. The zero-order valence-corrected chi connectivity index (χ0v) is 11.5. The van der Waals surface area contributed by atoms with Gasteiger partial charge < -0.3 is 10.6 Å². The van der Waals surface area contributed by atoms with Crippen LogP contribution in [0.15, 0.2) is 30.3 Å². The van der Waals surface area contributed by atoms with E-state index in [2.05, 4.69) is 10.6 Å². The minimum Gasteiger partial charge on any atom is -0.352 e. The molecular weight excluding hydrogens is 236 g/mol. The number of carbonyl (C=O) groups is 1. The highest BCUT2D eigenvalue weighted by molar-refractivity contribution is 5.94. The number of rotatable bonds is 6. The molecule has 2 N–H and O–H groups in total. The first-order valence-electron chi connectivity index (χ1n) is 7.43. The fourth-order valence-corrected chi connectivity index (χ4v) is 2.59. The summed E-state index contributed by atoms with van der Waals surface area (Å²) < 4.78 is 0. The summed E-state index contributed by atoms with van der Waals surface area (Å²) in [7, 11) is 0. The molecule has 1 aliphatic rings. The third-order valence-electron chi connectivity index (χ3n) is 3.71. The normalized spacial score (nSPS) is 16.2. The average molecular weight is 260 g/mol. The molecule has 3 heteroatoms. The van der Waals surface area contributed by atoms with E-state index in [4.69, 9.17) is 0 Å². The minimum absolute atomic E-state index is 0.0262. The Morgan fingerprint density at radius 1 is 1.05 bits per heavy atom. The maximum Gasteiger partial charge on any atom is 0.251 e. The number of carbonyl (C=O) groups excluding carboxylic acids is 1. The molecule has 104 valence electrons. The van der Waals surface area contributed by atoms with E-state index in [1.807, 2.05) is 30.3 Å². The monoisotopic (exact) mass is 260 g/mol. The van der Waals surface area contributed by atoms with Gasteiger partial charge in [0.15, 0.2) is 0 Å². The van der Waals surface area contributed by atoms with Gasteiger partial charge in [-0.15, -0.1) is 0 Å². The first kappa shape index (κ1) is 14.1. The lowest BCUT2D eigenvalue weighted by molar-refractivity contribution is 0.0953. The Hall–Kier alpha value is -1.35. The first-order valence-corrected chi connectivity index (χ1v) is 7.43. The van der Waals surface area contributed by atoms with Gasteiger partial charge in [0.25, 0.3) is 5.91 Å². The SMILES string of the molecule is O=C(NCCCNC1CCCCC1)c1ccccc1. The van der Waals surface area contributed by atoms with Crippen LogP contribution in [0.1, 0.15) is 48.9 Å². The third kappa shape index (κ3) is 5.03. The molecule has 1 aromatic rings. The standard InChI is InChI=1S/C16H24N2O/c19-16(14-8-3-1-4-9-14)18-13-7-12-17-15-10-5-2-6-11-15/h1,3-4,8-9,15,17H,2,5-7,10-13H2,(H,18,19). The zero-order valence-electron chi connectivity index (χ0n) is 11.5. The van der Waals surface area contributed by atoms with Gasteiger partial charge >= 0.3 is 0 Å². The number of hydrogen-bond acceptors (Lipinski definition) is 2. The van der Waals surface area contributed by atoms with Gasteiger partial charge in [-0.1, -0.05) is 37.5 Å². The molecule has 1 saturated carbocycles. The van der Waals surface area contributed by atoms with Gasteiger partial charge in [0.2, 0.25) is 0 Å². The number of amides is 1. The van der Waals surface area contributed by atoms with Crippen LogP contribution < -0.4 is 10.6 Å². The second-order valence-corrected chi connectivity index (χ2v) is 5.26. The highest BCUT2D eigenvalue weighted by Crippen LogP contribution is 2.17. The summed E-state index contributed by atoms with van der Waals surface area (Å²) in [4.78, 5) is 11.8. The Labute approximate surface area is 115 Å². The van der Waals surface area contributed by atoms with E-state index in [0.29, 0.717) is 6.04 Å². The summed E-state index contributed by atoms with van der Waals surface area (Å²) in [6.45, 7) is 1.74. The highest BCUT2D eigenvalue weighted by Gasteiger charge is 2.11. The minimum atomic E-state index is 0.0262. The Balaban J connectivity index is 1.55. The maximum atomic E-state index is 11.8. The van der Waals surface area contributed by atoms with E-state index in [-0.39, 0.29) is 5.91 Å². The van der Waals surface area contributed by atoms with E-state index in [0.717, 1.165) is 25.1 Å². The largest absolute Gasteiger partial charge is 0.352 e. The van der Waals surface area contributed by atoms with E-state index < -0.39 is 0 Å². The van der Waals surface area contributed by atoms with Crippen molar-refractivity contribution in [3.8, 4) is 0 Å². The molecule has 3 nitrogen and oxygen atoms in total. The molecule has 1 fully saturated rings. The molecule has 0 bridgehead atoms. The molecule has 1 aromatic carbocycles. The van der Waals surface area contributed by atoms with Crippen molar-refractivity contribution in [1.82, 2.24) is 10.6 Å². The smallest absolute Gasteiger partial charge is 0.251 e. The third-order valence-corrected chi connectivity index (χ3v) is 3.71. The second kappa shape index (κ2) is 7.95. The molecule has 1 amide bonds. The molecule has 0 unspecified atom stereocenters. The highest BCUT2D eigenvalue weighted by atomic mass is 16.1. The Morgan fingerprint density at radius 3 is 2.53 bits per heavy atom. The average Bonchev–Trinajstić information content (AvgIpc) is 2.49. The summed E-state index contributed by atoms with van der Waals surface area (Å²) in [6, 6.07) is 10.1. The van der Waals surface area contributed by atoms with Crippen LogP contribution in [0, 0.1) is 0 Å². The van der Waals surface area contributed by atoms with Crippen LogP contribution in [-0.4, -0.2) is 25.0 Å². The number of hydrogen-bond donors (Lipinski definition) is 2. The van der Waals surface area contributed by atoms with Crippen LogP contribution in [0.3, 0.4) is 0 Å². The Morgan fingerprint density at radius 2 is 1.79 bits per heavy atom. The summed E-state index contributed by atoms with van der Waals surface area (Å²) in [5, 5.41) is 6.54. The van der Waals surface area contributed by atoms with E-state index in [1.54, 1.807) is 0 Å². The molecule has 0 radical (unpaired) electrons. The number of nitrogens with one attached hydrogen (secondary N) is 2. The van der Waals surface area contributed by atoms with Gasteiger partial charge in [0, 0.05) is 18.2 Å². The van der Waals surface area contributed by atoms with Crippen LogP contribution >= 0.6 is 0 Å². The van der Waals surface area contributed by atoms with Crippen molar-refractivity contribution in [3.63, 3.8) is 0 Å². The van der Waals surface area contributed by atoms with Crippen LogP contribution in [-0.2, 0) is 0 Å². The topological polar surface area (TPSA) is 41.1 Å². The van der Waals surface area contributed by atoms with Gasteiger partial charge in [0.05, 0.1) is 0 Å². The van der Waals surface area contributed by atoms with Crippen LogP contribution in [0.5, 0.6) is 0 Å². The molecule has 2 rings (SSSR count). The van der Waals surface area contributed by atoms with E-state index >= 15 is 0 Å². The quantitative estimate of drug-likeness (QED) is 0.772. The van der Waals surface area contributed by atoms with E-state index in [1.165, 1.54) is 32.1 Å². The van der Waals surface area contributed by atoms with Gasteiger partial charge in [-0.05, 0) is 37.9 Å². The first-order chi connectivity index (χ1) is 9.36. The molecule has 0 aliphatic heterocycles. The van der Waals surface area contributed by atoms with Crippen molar-refractivity contribution in [2.75, 3.05) is 13.1 Å². The van der Waals surface area contributed by atoms with Gasteiger partial charge in [0.1, 0.15) is 0 Å². The number of benzene rings is 1. The van der Waals surface area contributed by atoms with Gasteiger partial charge in [-0.2, -0.15) is 0 Å². The summed E-state index contributed by atoms with van der Waals surface area (Å²) in [5.74, 6) is 0.0262. The van der Waals surface area contributed by atoms with Crippen molar-refractivity contribution in [2.45, 2.75) is 44.6 Å². The van der Waals surface area contributed by atoms with Crippen molar-refractivity contribution in [1.29, 1.82) is 0 Å². The van der Waals surface area contributed by atoms with Gasteiger partial charge in [-0.25, -0.2) is 0 Å². The molecule has 0 heterocycles. The summed E-state index contributed by atoms with van der Waals surface area (Å²) >= 11 is 0. The zero-order chi connectivity index (χ0) is 13.3. The van der Waals surface area contributed by atoms with Crippen molar-refractivity contribution < 1.29 is 4.79 Å². The van der Waals surface area contributed by atoms with Crippen molar-refractivity contribution >= 4 is 5.91 Å². The van der Waals surface area contributed by atoms with Crippen molar-refractivity contribution in [3.05, 3.63) is 35.9 Å². The fraction of sp³-hybridized carbons (Fsp3) is 0.562. The lowest BCUT2D eigenvalue weighted by Gasteiger charge is -2.22. The van der Waals surface area contributed by atoms with E-state index in [9.17, 15) is 4.79 Å². The second-order valence-electron chi connectivity index (χ2n) is 5.26. The lowest BCUT2D eigenvalue weighted by atomic mass is 9.95. The van der Waals surface area contributed by atoms with Crippen LogP contribution in [0.25, 0.3) is 0 Å². The van der Waals surface area contributed by atoms with Crippen LogP contribution in [0.4, 0.5) is 0 Å². The van der Waals surface area contributed by atoms with Crippen molar-refractivity contribution in [2.24, 2.45) is 0 Å². The Kier molecular flexibility index (Phi) is 5.89. The predicted octanol–water partition coefficient (Wildman–Crippen LogP) is 2.73. The lowest BCUT2D eigenvalue weighted by Crippen LogP contribution is -2.34. The molecule has 0 spiro atoms. The summed E-state index contributed by atoms with van der Waals surface area (Å²) in [6.07, 6.45) is 7.75. The Bertz CT molecular complexity index is 372. The van der Waals surface area contributed by atoms with Crippen LogP contribution in [0.2, 0.25) is 0 Å². The summed E-state index contributed by atoms with van der Waals surface area (Å²) in [5.41, 5.74) is 0.739. The molecular formula is C16H24N2O. The molecule has 0 saturated heterocycles. The molecule has 0 atom stereocenters. The molecule has 19 heavy (non-hydrogen) atoms. The maximum absolute atomic E-state index is 11.8.